The smallest absolute Gasteiger partial charge is 0.0599 e. The maximum Gasteiger partial charge on any atom is 0.0599 e. The molecule has 0 aromatic heterocycles. The third kappa shape index (κ3) is 2.19. The standard InChI is InChI=1S/C9H20N2O/c1-4-11-7-9(2,3)10-5-8(11)6-12/h8,10,12H,4-7H2,1-3H3. The molecule has 1 fully saturated rings. The Morgan fingerprint density at radius 2 is 2.25 bits per heavy atom. The Balaban J connectivity index is 2.53. The van der Waals surface area contributed by atoms with Crippen molar-refractivity contribution < 1.29 is 5.11 Å². The number of aliphatic hydroxyl groups is 1. The minimum absolute atomic E-state index is 0.196. The van der Waals surface area contributed by atoms with E-state index in [2.05, 4.69) is 31.0 Å². The van der Waals surface area contributed by atoms with E-state index < -0.39 is 0 Å². The lowest BCUT2D eigenvalue weighted by molar-refractivity contribution is 0.0616. The van der Waals surface area contributed by atoms with Gasteiger partial charge >= 0.3 is 0 Å². The fraction of sp³-hybridized carbons (Fsp3) is 1.00. The molecule has 0 amide bonds. The van der Waals surface area contributed by atoms with E-state index in [0.29, 0.717) is 6.04 Å². The molecule has 72 valence electrons. The second-order valence-electron chi connectivity index (χ2n) is 4.16. The zero-order chi connectivity index (χ0) is 9.19. The van der Waals surface area contributed by atoms with Gasteiger partial charge in [0.05, 0.1) is 6.61 Å². The van der Waals surface area contributed by atoms with E-state index in [9.17, 15) is 0 Å². The van der Waals surface area contributed by atoms with Crippen LogP contribution in [0.5, 0.6) is 0 Å². The van der Waals surface area contributed by atoms with Crippen LogP contribution >= 0.6 is 0 Å². The van der Waals surface area contributed by atoms with Gasteiger partial charge in [-0.25, -0.2) is 0 Å². The summed E-state index contributed by atoms with van der Waals surface area (Å²) in [4.78, 5) is 2.33. The van der Waals surface area contributed by atoms with Gasteiger partial charge in [-0.1, -0.05) is 6.92 Å². The molecule has 0 aliphatic carbocycles. The third-order valence-electron chi connectivity index (χ3n) is 2.55. The average molecular weight is 172 g/mol. The van der Waals surface area contributed by atoms with Crippen LogP contribution in [-0.2, 0) is 0 Å². The molecule has 3 nitrogen and oxygen atoms in total. The molecule has 1 aliphatic rings. The number of aliphatic hydroxyl groups excluding tert-OH is 1. The van der Waals surface area contributed by atoms with Gasteiger partial charge in [0.2, 0.25) is 0 Å². The van der Waals surface area contributed by atoms with E-state index in [1.807, 2.05) is 0 Å². The highest BCUT2D eigenvalue weighted by Crippen LogP contribution is 2.13. The van der Waals surface area contributed by atoms with E-state index in [1.54, 1.807) is 0 Å². The highest BCUT2D eigenvalue weighted by molar-refractivity contribution is 4.91. The summed E-state index contributed by atoms with van der Waals surface area (Å²) in [6, 6.07) is 0.308. The molecule has 0 saturated carbocycles. The molecule has 2 N–H and O–H groups in total. The number of nitrogens with zero attached hydrogens (tertiary/aromatic N) is 1. The molecule has 1 rings (SSSR count). The van der Waals surface area contributed by atoms with Crippen LogP contribution in [0.3, 0.4) is 0 Å². The van der Waals surface area contributed by atoms with Crippen LogP contribution in [-0.4, -0.2) is 47.8 Å². The molecule has 1 atom stereocenters. The quantitative estimate of drug-likeness (QED) is 0.618. The lowest BCUT2D eigenvalue weighted by Gasteiger charge is -2.43. The normalized spacial score (nSPS) is 30.5. The average Bonchev–Trinajstić information content (AvgIpc) is 2.03. The van der Waals surface area contributed by atoms with Crippen LogP contribution in [0.1, 0.15) is 20.8 Å². The van der Waals surface area contributed by atoms with Crippen molar-refractivity contribution in [1.82, 2.24) is 10.2 Å². The van der Waals surface area contributed by atoms with Crippen LogP contribution in [0, 0.1) is 0 Å². The summed E-state index contributed by atoms with van der Waals surface area (Å²) in [6.45, 7) is 9.75. The van der Waals surface area contributed by atoms with Crippen LogP contribution < -0.4 is 5.32 Å². The summed E-state index contributed by atoms with van der Waals surface area (Å²) in [7, 11) is 0. The van der Waals surface area contributed by atoms with Crippen molar-refractivity contribution in [2.24, 2.45) is 0 Å². The summed E-state index contributed by atoms with van der Waals surface area (Å²) >= 11 is 0. The predicted octanol–water partition coefficient (Wildman–Crippen LogP) is 0.0510. The minimum Gasteiger partial charge on any atom is -0.395 e. The fourth-order valence-corrected chi connectivity index (χ4v) is 1.77. The van der Waals surface area contributed by atoms with E-state index in [4.69, 9.17) is 5.11 Å². The van der Waals surface area contributed by atoms with Crippen molar-refractivity contribution in [1.29, 1.82) is 0 Å². The molecule has 0 bridgehead atoms. The Hall–Kier alpha value is -0.120. The van der Waals surface area contributed by atoms with Crippen molar-refractivity contribution >= 4 is 0 Å². The predicted molar refractivity (Wildman–Crippen MR) is 50.2 cm³/mol. The number of nitrogens with one attached hydrogen (secondary N) is 1. The Kier molecular flexibility index (Phi) is 3.09. The van der Waals surface area contributed by atoms with Gasteiger partial charge in [0.1, 0.15) is 0 Å². The molecule has 3 heteroatoms. The second kappa shape index (κ2) is 3.73. The van der Waals surface area contributed by atoms with Gasteiger partial charge in [0.15, 0.2) is 0 Å². The van der Waals surface area contributed by atoms with Crippen molar-refractivity contribution in [2.75, 3.05) is 26.2 Å². The first-order valence-corrected chi connectivity index (χ1v) is 4.69. The first-order chi connectivity index (χ1) is 5.59. The maximum atomic E-state index is 9.08. The largest absolute Gasteiger partial charge is 0.395 e. The molecule has 0 aromatic carbocycles. The molecule has 0 radical (unpaired) electrons. The number of hydrogen-bond donors (Lipinski definition) is 2. The summed E-state index contributed by atoms with van der Waals surface area (Å²) in [5, 5.41) is 12.5. The maximum absolute atomic E-state index is 9.08. The Labute approximate surface area is 74.8 Å². The Bertz CT molecular complexity index is 147. The van der Waals surface area contributed by atoms with Gasteiger partial charge in [0, 0.05) is 24.7 Å². The van der Waals surface area contributed by atoms with Crippen molar-refractivity contribution in [3.63, 3.8) is 0 Å². The van der Waals surface area contributed by atoms with Crippen LogP contribution in [0.4, 0.5) is 0 Å². The molecule has 0 aromatic rings. The Morgan fingerprint density at radius 1 is 1.58 bits per heavy atom. The van der Waals surface area contributed by atoms with Gasteiger partial charge in [0.25, 0.3) is 0 Å². The minimum atomic E-state index is 0.196. The molecule has 1 saturated heterocycles. The first-order valence-electron chi connectivity index (χ1n) is 4.69. The fourth-order valence-electron chi connectivity index (χ4n) is 1.77. The zero-order valence-electron chi connectivity index (χ0n) is 8.30. The number of likely N-dealkylation sites (N-methyl/N-ethyl adjacent to an activating group) is 1. The summed E-state index contributed by atoms with van der Waals surface area (Å²) in [5.41, 5.74) is 0.196. The Morgan fingerprint density at radius 3 is 2.75 bits per heavy atom. The van der Waals surface area contributed by atoms with E-state index >= 15 is 0 Å². The highest BCUT2D eigenvalue weighted by Gasteiger charge is 2.30. The molecule has 1 aliphatic heterocycles. The molecular formula is C9H20N2O. The monoisotopic (exact) mass is 172 g/mol. The van der Waals surface area contributed by atoms with Gasteiger partial charge in [-0.3, -0.25) is 4.90 Å². The molecule has 1 heterocycles. The first kappa shape index (κ1) is 9.96. The van der Waals surface area contributed by atoms with Crippen LogP contribution in [0.25, 0.3) is 0 Å². The summed E-state index contributed by atoms with van der Waals surface area (Å²) < 4.78 is 0. The van der Waals surface area contributed by atoms with Gasteiger partial charge < -0.3 is 10.4 Å². The lowest BCUT2D eigenvalue weighted by atomic mass is 9.99. The highest BCUT2D eigenvalue weighted by atomic mass is 16.3. The third-order valence-corrected chi connectivity index (χ3v) is 2.55. The van der Waals surface area contributed by atoms with Gasteiger partial charge in [-0.2, -0.15) is 0 Å². The number of rotatable bonds is 2. The van der Waals surface area contributed by atoms with E-state index in [-0.39, 0.29) is 12.1 Å². The second-order valence-corrected chi connectivity index (χ2v) is 4.16. The number of hydrogen-bond acceptors (Lipinski definition) is 3. The molecule has 0 spiro atoms. The topological polar surface area (TPSA) is 35.5 Å². The molecule has 1 unspecified atom stereocenters. The van der Waals surface area contributed by atoms with E-state index in [1.165, 1.54) is 0 Å². The van der Waals surface area contributed by atoms with Crippen molar-refractivity contribution in [2.45, 2.75) is 32.4 Å². The molecular weight excluding hydrogens is 152 g/mol. The summed E-state index contributed by atoms with van der Waals surface area (Å²) in [5.74, 6) is 0. The van der Waals surface area contributed by atoms with Gasteiger partial charge in [-0.05, 0) is 20.4 Å². The number of piperazine rings is 1. The van der Waals surface area contributed by atoms with Crippen LogP contribution in [0.2, 0.25) is 0 Å². The van der Waals surface area contributed by atoms with Crippen molar-refractivity contribution in [3.8, 4) is 0 Å². The molecule has 12 heavy (non-hydrogen) atoms. The van der Waals surface area contributed by atoms with E-state index in [0.717, 1.165) is 19.6 Å². The SMILES string of the molecule is CCN1CC(C)(C)NCC1CO. The van der Waals surface area contributed by atoms with Crippen molar-refractivity contribution in [3.05, 3.63) is 0 Å². The van der Waals surface area contributed by atoms with Crippen LogP contribution in [0.15, 0.2) is 0 Å². The van der Waals surface area contributed by atoms with Gasteiger partial charge in [-0.15, -0.1) is 0 Å². The lowest BCUT2D eigenvalue weighted by Crippen LogP contribution is -2.62. The summed E-state index contributed by atoms with van der Waals surface area (Å²) in [6.07, 6.45) is 0. The zero-order valence-corrected chi connectivity index (χ0v) is 8.30.